The molecular weight excluding hydrogens is 398 g/mol. The first-order valence-corrected chi connectivity index (χ1v) is 12.4. The first-order valence-electron chi connectivity index (χ1n) is 12.4. The van der Waals surface area contributed by atoms with Crippen LogP contribution in [0.2, 0.25) is 0 Å². The Morgan fingerprint density at radius 1 is 0.938 bits per heavy atom. The van der Waals surface area contributed by atoms with Crippen LogP contribution in [0.25, 0.3) is 11.1 Å². The van der Waals surface area contributed by atoms with Crippen molar-refractivity contribution < 1.29 is 14.3 Å². The summed E-state index contributed by atoms with van der Waals surface area (Å²) in [5.74, 6) is 1.02. The third-order valence-corrected chi connectivity index (χ3v) is 6.13. The topological polar surface area (TPSA) is 38.8 Å². The van der Waals surface area contributed by atoms with E-state index in [4.69, 9.17) is 9.47 Å². The fraction of sp³-hybridized carbons (Fsp3) is 0.536. The van der Waals surface area contributed by atoms with Crippen molar-refractivity contribution >= 4 is 11.5 Å². The van der Waals surface area contributed by atoms with Gasteiger partial charge in [0.05, 0.1) is 6.61 Å². The largest absolute Gasteiger partial charge is 0.491 e. The monoisotopic (exact) mass is 437 g/mol. The van der Waals surface area contributed by atoms with E-state index in [2.05, 4.69) is 36.9 Å². The van der Waals surface area contributed by atoms with Crippen LogP contribution in [0.3, 0.4) is 0 Å². The van der Waals surface area contributed by atoms with Crippen LogP contribution in [0.1, 0.15) is 75.2 Å². The molecule has 4 nitrogen and oxygen atoms in total. The summed E-state index contributed by atoms with van der Waals surface area (Å²) in [6, 6.07) is 12.5. The molecule has 2 aromatic carbocycles. The molecule has 174 valence electrons. The first-order chi connectivity index (χ1) is 15.7. The summed E-state index contributed by atoms with van der Waals surface area (Å²) in [6.45, 7) is 10.1. The van der Waals surface area contributed by atoms with E-state index in [1.165, 1.54) is 35.2 Å². The van der Waals surface area contributed by atoms with E-state index in [0.717, 1.165) is 63.1 Å². The molecule has 0 saturated heterocycles. The number of anilines is 1. The van der Waals surface area contributed by atoms with Gasteiger partial charge < -0.3 is 14.4 Å². The van der Waals surface area contributed by atoms with Gasteiger partial charge in [-0.25, -0.2) is 0 Å². The number of Topliss-reactive ketones (excluding diaryl/α,β-unsaturated/α-hetero) is 1. The number of hydrogen-bond acceptors (Lipinski definition) is 4. The number of ether oxygens (including phenoxy) is 2. The maximum Gasteiger partial charge on any atom is 0.160 e. The van der Waals surface area contributed by atoms with Crippen molar-refractivity contribution in [3.63, 3.8) is 0 Å². The molecule has 0 fully saturated rings. The molecular formula is C28H39NO3. The van der Waals surface area contributed by atoms with Crippen LogP contribution < -0.4 is 9.64 Å². The molecule has 1 aliphatic heterocycles. The molecule has 0 aromatic heterocycles. The van der Waals surface area contributed by atoms with E-state index in [1.807, 2.05) is 18.2 Å². The maximum atomic E-state index is 12.4. The molecule has 0 N–H and O–H groups in total. The Labute approximate surface area is 193 Å². The minimum atomic E-state index is 0.162. The molecule has 1 heterocycles. The second-order valence-corrected chi connectivity index (χ2v) is 8.68. The number of carbonyl (C=O) groups is 1. The molecule has 0 bridgehead atoms. The molecule has 3 rings (SSSR count). The average molecular weight is 438 g/mol. The second-order valence-electron chi connectivity index (χ2n) is 8.68. The van der Waals surface area contributed by atoms with Gasteiger partial charge in [-0.1, -0.05) is 51.0 Å². The van der Waals surface area contributed by atoms with Crippen molar-refractivity contribution in [2.75, 3.05) is 37.8 Å². The molecule has 0 saturated carbocycles. The third kappa shape index (κ3) is 6.35. The Kier molecular flexibility index (Phi) is 9.61. The van der Waals surface area contributed by atoms with Crippen LogP contribution in [0.15, 0.2) is 36.4 Å². The predicted octanol–water partition coefficient (Wildman–Crippen LogP) is 6.69. The highest BCUT2D eigenvalue weighted by molar-refractivity contribution is 5.99. The van der Waals surface area contributed by atoms with Crippen LogP contribution >= 0.6 is 0 Å². The normalized spacial score (nSPS) is 13.9. The minimum Gasteiger partial charge on any atom is -0.491 e. The summed E-state index contributed by atoms with van der Waals surface area (Å²) in [5.41, 5.74) is 5.76. The Morgan fingerprint density at radius 2 is 1.75 bits per heavy atom. The molecule has 0 radical (unpaired) electrons. The van der Waals surface area contributed by atoms with Crippen LogP contribution in [0, 0.1) is 0 Å². The summed E-state index contributed by atoms with van der Waals surface area (Å²) in [6.07, 6.45) is 7.87. The number of ketones is 1. The van der Waals surface area contributed by atoms with Gasteiger partial charge in [0, 0.05) is 36.5 Å². The van der Waals surface area contributed by atoms with E-state index < -0.39 is 0 Å². The Hall–Kier alpha value is -2.33. The zero-order valence-electron chi connectivity index (χ0n) is 20.1. The number of hydrogen-bond donors (Lipinski definition) is 0. The number of carbonyl (C=O) groups excluding carboxylic acids is 1. The summed E-state index contributed by atoms with van der Waals surface area (Å²) in [4.78, 5) is 14.9. The van der Waals surface area contributed by atoms with Crippen LogP contribution in [-0.4, -0.2) is 38.7 Å². The summed E-state index contributed by atoms with van der Waals surface area (Å²) < 4.78 is 11.4. The average Bonchev–Trinajstić information content (AvgIpc) is 2.78. The maximum absolute atomic E-state index is 12.4. The second kappa shape index (κ2) is 12.6. The molecule has 2 aromatic rings. The fourth-order valence-corrected chi connectivity index (χ4v) is 4.50. The molecule has 0 unspecified atom stereocenters. The van der Waals surface area contributed by atoms with Gasteiger partial charge in [0.2, 0.25) is 0 Å². The lowest BCUT2D eigenvalue weighted by molar-refractivity contribution is 0.0980. The number of rotatable bonds is 11. The van der Waals surface area contributed by atoms with Crippen molar-refractivity contribution in [3.05, 3.63) is 47.5 Å². The highest BCUT2D eigenvalue weighted by atomic mass is 16.5. The number of unbranched alkanes of at least 4 members (excludes halogenated alkanes) is 1. The van der Waals surface area contributed by atoms with E-state index in [0.29, 0.717) is 13.2 Å². The molecule has 0 spiro atoms. The predicted molar refractivity (Wildman–Crippen MR) is 133 cm³/mol. The Morgan fingerprint density at radius 3 is 2.47 bits per heavy atom. The lowest BCUT2D eigenvalue weighted by atomic mass is 9.89. The van der Waals surface area contributed by atoms with Crippen LogP contribution in [-0.2, 0) is 11.2 Å². The van der Waals surface area contributed by atoms with E-state index in [1.54, 1.807) is 6.92 Å². The smallest absolute Gasteiger partial charge is 0.160 e. The standard InChI is InChI=1S/C28H39NO3/c1-4-6-19-31-20-21-32-24-13-11-23(12-14-24)26-16-15-25(22(3)30)27-10-8-7-9-18-29(17-5-2)28(26)27/h11-16H,4-10,17-21H2,1-3H3. The number of benzene rings is 2. The lowest BCUT2D eigenvalue weighted by Crippen LogP contribution is -2.29. The number of nitrogens with zero attached hydrogens (tertiary/aromatic N) is 1. The third-order valence-electron chi connectivity index (χ3n) is 6.13. The van der Waals surface area contributed by atoms with Gasteiger partial charge >= 0.3 is 0 Å². The molecule has 4 heteroatoms. The van der Waals surface area contributed by atoms with Gasteiger partial charge in [-0.05, 0) is 62.3 Å². The van der Waals surface area contributed by atoms with E-state index in [-0.39, 0.29) is 5.78 Å². The zero-order valence-corrected chi connectivity index (χ0v) is 20.1. The molecule has 32 heavy (non-hydrogen) atoms. The van der Waals surface area contributed by atoms with Crippen molar-refractivity contribution in [3.8, 4) is 16.9 Å². The minimum absolute atomic E-state index is 0.162. The van der Waals surface area contributed by atoms with Gasteiger partial charge in [0.1, 0.15) is 12.4 Å². The highest BCUT2D eigenvalue weighted by Crippen LogP contribution is 2.39. The van der Waals surface area contributed by atoms with Crippen molar-refractivity contribution in [1.82, 2.24) is 0 Å². The van der Waals surface area contributed by atoms with Crippen molar-refractivity contribution in [2.45, 2.75) is 65.7 Å². The highest BCUT2D eigenvalue weighted by Gasteiger charge is 2.22. The lowest BCUT2D eigenvalue weighted by Gasteiger charge is -2.32. The molecule has 0 atom stereocenters. The van der Waals surface area contributed by atoms with Gasteiger partial charge in [-0.3, -0.25) is 4.79 Å². The van der Waals surface area contributed by atoms with Crippen LogP contribution in [0.4, 0.5) is 5.69 Å². The first kappa shape index (κ1) is 24.3. The zero-order chi connectivity index (χ0) is 22.8. The Bertz CT molecular complexity index is 860. The van der Waals surface area contributed by atoms with Gasteiger partial charge in [-0.15, -0.1) is 0 Å². The van der Waals surface area contributed by atoms with Crippen molar-refractivity contribution in [2.24, 2.45) is 0 Å². The fourth-order valence-electron chi connectivity index (χ4n) is 4.50. The van der Waals surface area contributed by atoms with Gasteiger partial charge in [-0.2, -0.15) is 0 Å². The SMILES string of the molecule is CCCCOCCOc1ccc(-c2ccc(C(C)=O)c3c2N(CCC)CCCCC3)cc1. The molecule has 1 aliphatic rings. The van der Waals surface area contributed by atoms with Gasteiger partial charge in [0.15, 0.2) is 5.78 Å². The van der Waals surface area contributed by atoms with E-state index in [9.17, 15) is 4.79 Å². The van der Waals surface area contributed by atoms with E-state index >= 15 is 0 Å². The quantitative estimate of drug-likeness (QED) is 0.290. The summed E-state index contributed by atoms with van der Waals surface area (Å²) in [5, 5.41) is 0. The van der Waals surface area contributed by atoms with Crippen LogP contribution in [0.5, 0.6) is 5.75 Å². The number of fused-ring (bicyclic) bond motifs is 1. The summed E-state index contributed by atoms with van der Waals surface area (Å²) >= 11 is 0. The Balaban J connectivity index is 1.85. The van der Waals surface area contributed by atoms with Gasteiger partial charge in [0.25, 0.3) is 0 Å². The molecule has 0 amide bonds. The summed E-state index contributed by atoms with van der Waals surface area (Å²) in [7, 11) is 0. The molecule has 0 aliphatic carbocycles. The van der Waals surface area contributed by atoms with Crippen molar-refractivity contribution in [1.29, 1.82) is 0 Å².